The Balaban J connectivity index is 0.00000121. The highest BCUT2D eigenvalue weighted by atomic mass is 35.5. The molecule has 0 spiro atoms. The standard InChI is InChI=1S/C17H16ClN7O2S2.3ClH/c1-3-9-12(18)11-13(19-9)21-16(22-14(11)25-4-8(26)5-25)29-17-20-10(6-28-17)15-24-23-7(2)27-15;;;/h6,8,26H,3-5H2,1-2H3,(H,19,21,22);3*1H. The van der Waals surface area contributed by atoms with E-state index in [1.54, 1.807) is 6.92 Å². The van der Waals surface area contributed by atoms with Gasteiger partial charge in [0.2, 0.25) is 5.89 Å². The minimum Gasteiger partial charge on any atom is -0.420 e. The molecule has 174 valence electrons. The number of aromatic nitrogens is 6. The van der Waals surface area contributed by atoms with Gasteiger partial charge in [0.05, 0.1) is 16.5 Å². The van der Waals surface area contributed by atoms with Gasteiger partial charge in [-0.2, -0.15) is 0 Å². The molecular weight excluding hydrogens is 540 g/mol. The molecule has 1 aliphatic rings. The summed E-state index contributed by atoms with van der Waals surface area (Å²) in [6.45, 7) is 4.82. The third-order valence-corrected chi connectivity index (χ3v) is 6.77. The summed E-state index contributed by atoms with van der Waals surface area (Å²) in [5.41, 5.74) is 2.23. The summed E-state index contributed by atoms with van der Waals surface area (Å²) in [6.07, 6.45) is 0.415. The molecule has 0 aliphatic carbocycles. The Labute approximate surface area is 215 Å². The number of anilines is 1. The van der Waals surface area contributed by atoms with Gasteiger partial charge < -0.3 is 19.4 Å². The average molecular weight is 559 g/mol. The first kappa shape index (κ1) is 26.9. The van der Waals surface area contributed by atoms with Gasteiger partial charge in [-0.15, -0.1) is 58.8 Å². The maximum atomic E-state index is 9.73. The molecule has 0 radical (unpaired) electrons. The minimum absolute atomic E-state index is 0. The maximum Gasteiger partial charge on any atom is 0.267 e. The lowest BCUT2D eigenvalue weighted by atomic mass is 10.1. The summed E-state index contributed by atoms with van der Waals surface area (Å²) in [5.74, 6) is 1.61. The van der Waals surface area contributed by atoms with Crippen LogP contribution in [-0.4, -0.2) is 54.4 Å². The lowest BCUT2D eigenvalue weighted by molar-refractivity contribution is 0.141. The normalized spacial score (nSPS) is 13.3. The van der Waals surface area contributed by atoms with Crippen LogP contribution in [0.15, 0.2) is 19.3 Å². The van der Waals surface area contributed by atoms with Crippen LogP contribution in [0.4, 0.5) is 5.82 Å². The van der Waals surface area contributed by atoms with Crippen LogP contribution in [0.3, 0.4) is 0 Å². The zero-order valence-corrected chi connectivity index (χ0v) is 21.6. The van der Waals surface area contributed by atoms with Gasteiger partial charge in [-0.25, -0.2) is 15.0 Å². The minimum atomic E-state index is -0.348. The van der Waals surface area contributed by atoms with Gasteiger partial charge in [-0.1, -0.05) is 18.5 Å². The Morgan fingerprint density at radius 3 is 2.62 bits per heavy atom. The molecule has 0 bridgehead atoms. The molecule has 0 saturated carbocycles. The van der Waals surface area contributed by atoms with Crippen LogP contribution in [-0.2, 0) is 6.42 Å². The number of fused-ring (bicyclic) bond motifs is 1. The molecule has 0 unspecified atom stereocenters. The van der Waals surface area contributed by atoms with Crippen molar-refractivity contribution < 1.29 is 9.52 Å². The van der Waals surface area contributed by atoms with Gasteiger partial charge in [0.15, 0.2) is 9.50 Å². The first-order valence-corrected chi connectivity index (χ1v) is 11.0. The predicted octanol–water partition coefficient (Wildman–Crippen LogP) is 4.59. The molecule has 4 aromatic heterocycles. The molecular formula is C17H19Cl4N7O2S2. The molecule has 1 aliphatic heterocycles. The van der Waals surface area contributed by atoms with Crippen LogP contribution < -0.4 is 4.90 Å². The van der Waals surface area contributed by atoms with Crippen molar-refractivity contribution in [2.45, 2.75) is 35.9 Å². The summed E-state index contributed by atoms with van der Waals surface area (Å²) >= 11 is 9.38. The topological polar surface area (TPSA) is 117 Å². The number of nitrogens with zero attached hydrogens (tertiary/aromatic N) is 6. The Hall–Kier alpha value is -1.34. The number of aliphatic hydroxyl groups is 1. The Morgan fingerprint density at radius 2 is 2.00 bits per heavy atom. The molecule has 4 aromatic rings. The molecule has 0 amide bonds. The number of H-pyrrole nitrogens is 1. The number of halogens is 4. The summed E-state index contributed by atoms with van der Waals surface area (Å²) in [5, 5.41) is 21.4. The van der Waals surface area contributed by atoms with Crippen molar-refractivity contribution in [1.82, 2.24) is 30.1 Å². The number of β-amino-alcohol motifs (C(OH)–C–C–N with tert-alkyl or cyclic N) is 1. The van der Waals surface area contributed by atoms with Crippen molar-refractivity contribution in [2.24, 2.45) is 0 Å². The fraction of sp³-hybridized carbons (Fsp3) is 0.353. The summed E-state index contributed by atoms with van der Waals surface area (Å²) in [6, 6.07) is 0. The lowest BCUT2D eigenvalue weighted by Crippen LogP contribution is -2.51. The third kappa shape index (κ3) is 4.93. The average Bonchev–Trinajstić information content (AvgIpc) is 3.38. The molecule has 0 atom stereocenters. The van der Waals surface area contributed by atoms with E-state index in [4.69, 9.17) is 21.0 Å². The zero-order chi connectivity index (χ0) is 20.1. The Kier molecular flexibility index (Phi) is 9.02. The highest BCUT2D eigenvalue weighted by Crippen LogP contribution is 2.38. The number of aromatic amines is 1. The fourth-order valence-corrected chi connectivity index (χ4v) is 5.10. The second-order valence-electron chi connectivity index (χ2n) is 6.61. The van der Waals surface area contributed by atoms with Crippen LogP contribution in [0.5, 0.6) is 0 Å². The number of aliphatic hydroxyl groups excluding tert-OH is 1. The monoisotopic (exact) mass is 557 g/mol. The molecule has 5 rings (SSSR count). The molecule has 32 heavy (non-hydrogen) atoms. The molecule has 5 heterocycles. The first-order valence-electron chi connectivity index (χ1n) is 8.96. The number of hydrogen-bond acceptors (Lipinski definition) is 10. The van der Waals surface area contributed by atoms with Crippen LogP contribution in [0.2, 0.25) is 5.02 Å². The van der Waals surface area contributed by atoms with Gasteiger partial charge in [0.25, 0.3) is 5.89 Å². The lowest BCUT2D eigenvalue weighted by Gasteiger charge is -2.37. The quantitative estimate of drug-likeness (QED) is 0.339. The van der Waals surface area contributed by atoms with E-state index in [2.05, 4.69) is 25.1 Å². The van der Waals surface area contributed by atoms with Crippen LogP contribution >= 0.6 is 71.9 Å². The van der Waals surface area contributed by atoms with E-state index in [1.807, 2.05) is 17.2 Å². The first-order chi connectivity index (χ1) is 14.0. The molecule has 0 aromatic carbocycles. The number of thiazole rings is 1. The highest BCUT2D eigenvalue weighted by Gasteiger charge is 2.30. The zero-order valence-electron chi connectivity index (χ0n) is 16.7. The van der Waals surface area contributed by atoms with Crippen LogP contribution in [0, 0.1) is 6.92 Å². The fourth-order valence-electron chi connectivity index (χ4n) is 3.10. The summed E-state index contributed by atoms with van der Waals surface area (Å²) in [7, 11) is 0. The van der Waals surface area contributed by atoms with E-state index in [9.17, 15) is 5.11 Å². The smallest absolute Gasteiger partial charge is 0.267 e. The van der Waals surface area contributed by atoms with Gasteiger partial charge in [0.1, 0.15) is 17.2 Å². The predicted molar refractivity (Wildman–Crippen MR) is 133 cm³/mol. The third-order valence-electron chi connectivity index (χ3n) is 4.55. The van der Waals surface area contributed by atoms with Crippen LogP contribution in [0.25, 0.3) is 22.6 Å². The van der Waals surface area contributed by atoms with Crippen molar-refractivity contribution in [3.05, 3.63) is 22.0 Å². The largest absolute Gasteiger partial charge is 0.420 e. The Morgan fingerprint density at radius 1 is 1.25 bits per heavy atom. The van der Waals surface area contributed by atoms with Gasteiger partial charge in [-0.3, -0.25) is 0 Å². The van der Waals surface area contributed by atoms with E-state index in [1.165, 1.54) is 23.1 Å². The van der Waals surface area contributed by atoms with Crippen molar-refractivity contribution >= 4 is 88.8 Å². The van der Waals surface area contributed by atoms with Gasteiger partial charge in [0, 0.05) is 31.1 Å². The summed E-state index contributed by atoms with van der Waals surface area (Å²) in [4.78, 5) is 19.2. The number of aryl methyl sites for hydroxylation is 2. The second-order valence-corrected chi connectivity index (χ2v) is 9.06. The van der Waals surface area contributed by atoms with E-state index in [0.717, 1.165) is 27.7 Å². The molecule has 1 saturated heterocycles. The van der Waals surface area contributed by atoms with Gasteiger partial charge in [-0.05, 0) is 18.2 Å². The van der Waals surface area contributed by atoms with Crippen molar-refractivity contribution in [3.63, 3.8) is 0 Å². The number of hydrogen-bond donors (Lipinski definition) is 2. The highest BCUT2D eigenvalue weighted by molar-refractivity contribution is 8.00. The van der Waals surface area contributed by atoms with E-state index in [-0.39, 0.29) is 43.3 Å². The van der Waals surface area contributed by atoms with Crippen molar-refractivity contribution in [3.8, 4) is 11.6 Å². The number of nitrogens with one attached hydrogen (secondary N) is 1. The van der Waals surface area contributed by atoms with Crippen molar-refractivity contribution in [2.75, 3.05) is 18.0 Å². The molecule has 15 heteroatoms. The van der Waals surface area contributed by atoms with E-state index < -0.39 is 0 Å². The Bertz CT molecular complexity index is 1210. The second kappa shape index (κ2) is 10.7. The number of rotatable bonds is 5. The van der Waals surface area contributed by atoms with E-state index >= 15 is 0 Å². The SMILES string of the molecule is CCc1[nH]c2nc(Sc3nc(-c4nnc(C)o4)cs3)nc(N3CC(O)C3)c2c1Cl.Cl.Cl.Cl. The molecule has 2 N–H and O–H groups in total. The molecule has 9 nitrogen and oxygen atoms in total. The van der Waals surface area contributed by atoms with E-state index in [0.29, 0.717) is 46.4 Å². The van der Waals surface area contributed by atoms with Gasteiger partial charge >= 0.3 is 0 Å². The van der Waals surface area contributed by atoms with Crippen LogP contribution in [0.1, 0.15) is 18.5 Å². The summed E-state index contributed by atoms with van der Waals surface area (Å²) < 4.78 is 6.20. The van der Waals surface area contributed by atoms with Crippen molar-refractivity contribution in [1.29, 1.82) is 0 Å². The molecule has 1 fully saturated rings. The maximum absolute atomic E-state index is 9.73.